The molecule has 0 amide bonds. The van der Waals surface area contributed by atoms with E-state index >= 15 is 0 Å². The Balaban J connectivity index is 2.75. The largest absolute Gasteiger partial charge is 0.418 e. The number of nitro benzene ring substituents is 1. The lowest BCUT2D eigenvalue weighted by Gasteiger charge is -2.11. The van der Waals surface area contributed by atoms with Gasteiger partial charge in [-0.2, -0.15) is 13.2 Å². The van der Waals surface area contributed by atoms with Crippen molar-refractivity contribution in [2.24, 2.45) is 0 Å². The number of nitrogens with zero attached hydrogens (tertiary/aromatic N) is 3. The SMILES string of the molecule is CCCCCn1c(C)nc2cc(C(F)(F)F)c(Cl)c([N+](=O)[O-])c21. The number of halogens is 4. The number of imidazole rings is 1. The molecule has 2 rings (SSSR count). The molecule has 0 radical (unpaired) electrons. The molecule has 0 aliphatic heterocycles. The lowest BCUT2D eigenvalue weighted by molar-refractivity contribution is -0.383. The normalized spacial score (nSPS) is 12.1. The van der Waals surface area contributed by atoms with Crippen molar-refractivity contribution in [3.63, 3.8) is 0 Å². The second-order valence-electron chi connectivity index (χ2n) is 5.23. The van der Waals surface area contributed by atoms with Crippen LogP contribution in [0, 0.1) is 17.0 Å². The van der Waals surface area contributed by atoms with Crippen LogP contribution in [-0.2, 0) is 12.7 Å². The first-order valence-electron chi connectivity index (χ1n) is 7.09. The van der Waals surface area contributed by atoms with Crippen molar-refractivity contribution in [2.45, 2.75) is 45.8 Å². The van der Waals surface area contributed by atoms with Gasteiger partial charge in [0.1, 0.15) is 16.4 Å². The number of unbranched alkanes of at least 4 members (excludes halogenated alkanes) is 2. The van der Waals surface area contributed by atoms with Gasteiger partial charge < -0.3 is 4.57 Å². The summed E-state index contributed by atoms with van der Waals surface area (Å²) in [7, 11) is 0. The average Bonchev–Trinajstić information content (AvgIpc) is 2.73. The van der Waals surface area contributed by atoms with E-state index in [1.807, 2.05) is 6.92 Å². The van der Waals surface area contributed by atoms with Crippen LogP contribution in [0.2, 0.25) is 5.02 Å². The van der Waals surface area contributed by atoms with Gasteiger partial charge >= 0.3 is 11.9 Å². The third kappa shape index (κ3) is 3.26. The van der Waals surface area contributed by atoms with E-state index in [-0.39, 0.29) is 11.0 Å². The molecule has 0 bridgehead atoms. The Kier molecular flexibility index (Phi) is 4.84. The minimum absolute atomic E-state index is 0.0432. The number of aromatic nitrogens is 2. The van der Waals surface area contributed by atoms with Crippen LogP contribution in [0.4, 0.5) is 18.9 Å². The average molecular weight is 350 g/mol. The van der Waals surface area contributed by atoms with Crippen molar-refractivity contribution in [3.05, 3.63) is 32.6 Å². The highest BCUT2D eigenvalue weighted by molar-refractivity contribution is 6.34. The molecule has 0 N–H and O–H groups in total. The molecule has 1 aromatic heterocycles. The second-order valence-corrected chi connectivity index (χ2v) is 5.61. The highest BCUT2D eigenvalue weighted by Gasteiger charge is 2.39. The number of rotatable bonds is 5. The summed E-state index contributed by atoms with van der Waals surface area (Å²) in [6.07, 6.45) is -2.18. The summed E-state index contributed by atoms with van der Waals surface area (Å²) >= 11 is 5.71. The molecular formula is C14H15ClF3N3O2. The fourth-order valence-corrected chi connectivity index (χ4v) is 2.86. The summed E-state index contributed by atoms with van der Waals surface area (Å²) in [5.41, 5.74) is -2.01. The minimum atomic E-state index is -4.78. The monoisotopic (exact) mass is 349 g/mol. The van der Waals surface area contributed by atoms with Crippen LogP contribution >= 0.6 is 11.6 Å². The molecule has 1 aromatic carbocycles. The number of hydrogen-bond donors (Lipinski definition) is 0. The molecule has 1 heterocycles. The Morgan fingerprint density at radius 1 is 1.39 bits per heavy atom. The third-order valence-corrected chi connectivity index (χ3v) is 3.99. The quantitative estimate of drug-likeness (QED) is 0.428. The Morgan fingerprint density at radius 3 is 2.57 bits per heavy atom. The zero-order chi connectivity index (χ0) is 17.4. The molecule has 5 nitrogen and oxygen atoms in total. The smallest absolute Gasteiger partial charge is 0.323 e. The molecule has 0 atom stereocenters. The molecule has 0 saturated heterocycles. The number of alkyl halides is 3. The second kappa shape index (κ2) is 6.35. The molecule has 0 spiro atoms. The van der Waals surface area contributed by atoms with Crippen molar-refractivity contribution in [2.75, 3.05) is 0 Å². The van der Waals surface area contributed by atoms with E-state index < -0.39 is 27.4 Å². The summed E-state index contributed by atoms with van der Waals surface area (Å²) in [6, 6.07) is 0.772. The fraction of sp³-hybridized carbons (Fsp3) is 0.500. The van der Waals surface area contributed by atoms with Gasteiger partial charge in [0.05, 0.1) is 16.0 Å². The van der Waals surface area contributed by atoms with Crippen molar-refractivity contribution in [3.8, 4) is 0 Å². The van der Waals surface area contributed by atoms with Crippen molar-refractivity contribution in [1.82, 2.24) is 9.55 Å². The van der Waals surface area contributed by atoms with Crippen LogP contribution in [0.15, 0.2) is 6.07 Å². The van der Waals surface area contributed by atoms with Gasteiger partial charge in [-0.1, -0.05) is 31.4 Å². The van der Waals surface area contributed by atoms with Crippen LogP contribution < -0.4 is 0 Å². The molecule has 23 heavy (non-hydrogen) atoms. The lowest BCUT2D eigenvalue weighted by atomic mass is 10.1. The zero-order valence-corrected chi connectivity index (χ0v) is 13.3. The Hall–Kier alpha value is -1.83. The number of aryl methyl sites for hydroxylation is 2. The predicted octanol–water partition coefficient (Wildman–Crippen LogP) is 5.12. The van der Waals surface area contributed by atoms with Crippen LogP contribution in [0.5, 0.6) is 0 Å². The number of benzene rings is 1. The summed E-state index contributed by atoms with van der Waals surface area (Å²) in [6.45, 7) is 4.06. The molecule has 0 unspecified atom stereocenters. The van der Waals surface area contributed by atoms with Crippen LogP contribution in [0.3, 0.4) is 0 Å². The predicted molar refractivity (Wildman–Crippen MR) is 80.7 cm³/mol. The molecule has 0 fully saturated rings. The van der Waals surface area contributed by atoms with Gasteiger partial charge in [-0.25, -0.2) is 4.98 Å². The first kappa shape index (κ1) is 17.5. The van der Waals surface area contributed by atoms with E-state index in [1.54, 1.807) is 11.5 Å². The topological polar surface area (TPSA) is 61.0 Å². The summed E-state index contributed by atoms with van der Waals surface area (Å²) in [5, 5.41) is 10.4. The summed E-state index contributed by atoms with van der Waals surface area (Å²) in [4.78, 5) is 14.5. The summed E-state index contributed by atoms with van der Waals surface area (Å²) < 4.78 is 40.7. The van der Waals surface area contributed by atoms with Crippen LogP contribution in [0.1, 0.15) is 37.6 Å². The van der Waals surface area contributed by atoms with E-state index in [0.29, 0.717) is 12.4 Å². The van der Waals surface area contributed by atoms with E-state index in [0.717, 1.165) is 25.3 Å². The van der Waals surface area contributed by atoms with Gasteiger partial charge in [0, 0.05) is 6.54 Å². The molecule has 9 heteroatoms. The Bertz CT molecular complexity index is 756. The van der Waals surface area contributed by atoms with Crippen molar-refractivity contribution >= 4 is 28.3 Å². The van der Waals surface area contributed by atoms with E-state index in [2.05, 4.69) is 4.98 Å². The first-order chi connectivity index (χ1) is 10.7. The molecule has 126 valence electrons. The minimum Gasteiger partial charge on any atom is -0.323 e. The van der Waals surface area contributed by atoms with E-state index in [1.165, 1.54) is 0 Å². The number of hydrogen-bond acceptors (Lipinski definition) is 3. The Labute approximate surface area is 135 Å². The maximum atomic E-state index is 13.0. The standard InChI is InChI=1S/C14H15ClF3N3O2/c1-3-4-5-6-20-8(2)19-10-7-9(14(16,17)18)11(15)13(12(10)20)21(22)23/h7H,3-6H2,1-2H3. The van der Waals surface area contributed by atoms with Gasteiger partial charge in [0.25, 0.3) is 0 Å². The third-order valence-electron chi connectivity index (χ3n) is 3.61. The van der Waals surface area contributed by atoms with Gasteiger partial charge in [-0.15, -0.1) is 0 Å². The van der Waals surface area contributed by atoms with E-state index in [9.17, 15) is 23.3 Å². The van der Waals surface area contributed by atoms with Crippen molar-refractivity contribution < 1.29 is 18.1 Å². The molecule has 0 aliphatic rings. The van der Waals surface area contributed by atoms with Gasteiger partial charge in [-0.3, -0.25) is 10.1 Å². The number of fused-ring (bicyclic) bond motifs is 1. The lowest BCUT2D eigenvalue weighted by Crippen LogP contribution is -2.09. The fourth-order valence-electron chi connectivity index (χ4n) is 2.54. The van der Waals surface area contributed by atoms with E-state index in [4.69, 9.17) is 11.6 Å². The highest BCUT2D eigenvalue weighted by Crippen LogP contribution is 2.43. The van der Waals surface area contributed by atoms with Gasteiger partial charge in [0.2, 0.25) is 0 Å². The summed E-state index contributed by atoms with van der Waals surface area (Å²) in [5.74, 6) is 0.426. The molecule has 0 saturated carbocycles. The van der Waals surface area contributed by atoms with Gasteiger partial charge in [-0.05, 0) is 19.4 Å². The zero-order valence-electron chi connectivity index (χ0n) is 12.6. The van der Waals surface area contributed by atoms with Crippen LogP contribution in [0.25, 0.3) is 11.0 Å². The molecular weight excluding hydrogens is 335 g/mol. The molecule has 2 aromatic rings. The number of nitro groups is 1. The molecule has 0 aliphatic carbocycles. The maximum Gasteiger partial charge on any atom is 0.418 e. The van der Waals surface area contributed by atoms with Crippen LogP contribution in [-0.4, -0.2) is 14.5 Å². The highest BCUT2D eigenvalue weighted by atomic mass is 35.5. The Morgan fingerprint density at radius 2 is 2.04 bits per heavy atom. The first-order valence-corrected chi connectivity index (χ1v) is 7.47. The maximum absolute atomic E-state index is 13.0. The van der Waals surface area contributed by atoms with Crippen molar-refractivity contribution in [1.29, 1.82) is 0 Å². The van der Waals surface area contributed by atoms with Gasteiger partial charge in [0.15, 0.2) is 0 Å².